The van der Waals surface area contributed by atoms with Gasteiger partial charge in [-0.1, -0.05) is 26.2 Å². The summed E-state index contributed by atoms with van der Waals surface area (Å²) in [5.74, 6) is -0.242. The molecule has 7 heteroatoms. The van der Waals surface area contributed by atoms with Crippen LogP contribution in [0.3, 0.4) is 0 Å². The average molecular weight is 349 g/mol. The zero-order valence-electron chi connectivity index (χ0n) is 14.8. The third-order valence-electron chi connectivity index (χ3n) is 5.19. The molecule has 3 rings (SSSR count). The van der Waals surface area contributed by atoms with Crippen LogP contribution in [0.4, 0.5) is 0 Å². The van der Waals surface area contributed by atoms with Gasteiger partial charge in [-0.05, 0) is 32.1 Å². The van der Waals surface area contributed by atoms with Gasteiger partial charge < -0.3 is 9.84 Å². The van der Waals surface area contributed by atoms with E-state index in [2.05, 4.69) is 9.98 Å². The third kappa shape index (κ3) is 3.86. The maximum atomic E-state index is 12.4. The highest BCUT2D eigenvalue weighted by molar-refractivity contribution is 6.01. The number of nitrogens with zero attached hydrogens (tertiary/aromatic N) is 2. The van der Waals surface area contributed by atoms with Gasteiger partial charge in [0.1, 0.15) is 5.56 Å². The Morgan fingerprint density at radius 1 is 1.24 bits per heavy atom. The van der Waals surface area contributed by atoms with Crippen LogP contribution < -0.4 is 11.2 Å². The molecule has 25 heavy (non-hydrogen) atoms. The van der Waals surface area contributed by atoms with E-state index in [1.54, 1.807) is 0 Å². The number of aromatic hydroxyl groups is 1. The van der Waals surface area contributed by atoms with Crippen molar-refractivity contribution in [1.29, 1.82) is 0 Å². The van der Waals surface area contributed by atoms with Gasteiger partial charge in [0.2, 0.25) is 5.88 Å². The molecule has 0 amide bonds. The van der Waals surface area contributed by atoms with Crippen molar-refractivity contribution in [2.45, 2.75) is 70.4 Å². The Labute approximate surface area is 146 Å². The van der Waals surface area contributed by atoms with Gasteiger partial charge in [0.05, 0.1) is 18.4 Å². The molecule has 0 spiro atoms. The Kier molecular flexibility index (Phi) is 5.73. The summed E-state index contributed by atoms with van der Waals surface area (Å²) in [4.78, 5) is 31.5. The van der Waals surface area contributed by atoms with E-state index in [1.165, 1.54) is 4.57 Å². The summed E-state index contributed by atoms with van der Waals surface area (Å²) >= 11 is 0. The van der Waals surface area contributed by atoms with Crippen molar-refractivity contribution in [3.05, 3.63) is 26.4 Å². The highest BCUT2D eigenvalue weighted by Gasteiger charge is 2.25. The van der Waals surface area contributed by atoms with Crippen molar-refractivity contribution >= 4 is 5.71 Å². The lowest BCUT2D eigenvalue weighted by atomic mass is 9.95. The molecular weight excluding hydrogens is 322 g/mol. The fraction of sp³-hybridized carbons (Fsp3) is 0.722. The van der Waals surface area contributed by atoms with Crippen LogP contribution in [0, 0.1) is 0 Å². The molecule has 2 heterocycles. The molecule has 0 radical (unpaired) electrons. The summed E-state index contributed by atoms with van der Waals surface area (Å²) < 4.78 is 6.93. The van der Waals surface area contributed by atoms with Crippen molar-refractivity contribution in [1.82, 2.24) is 9.55 Å². The number of aliphatic imine (C=N–C) groups is 1. The zero-order valence-corrected chi connectivity index (χ0v) is 14.8. The largest absolute Gasteiger partial charge is 0.494 e. The van der Waals surface area contributed by atoms with E-state index in [1.807, 2.05) is 6.92 Å². The van der Waals surface area contributed by atoms with Gasteiger partial charge in [-0.3, -0.25) is 19.3 Å². The van der Waals surface area contributed by atoms with E-state index in [-0.39, 0.29) is 23.6 Å². The maximum Gasteiger partial charge on any atom is 0.331 e. The van der Waals surface area contributed by atoms with E-state index >= 15 is 0 Å². The van der Waals surface area contributed by atoms with Crippen molar-refractivity contribution in [3.8, 4) is 5.88 Å². The SMILES string of the molecule is CCC(=NC[C@H]1CCCO1)c1c(O)n(C2CCCCC2)c(=O)[nH]c1=O. The molecule has 1 saturated heterocycles. The Balaban J connectivity index is 1.97. The number of rotatable bonds is 5. The van der Waals surface area contributed by atoms with Crippen LogP contribution in [0.15, 0.2) is 14.6 Å². The number of ether oxygens (including phenoxy) is 1. The molecule has 1 atom stereocenters. The lowest BCUT2D eigenvalue weighted by Crippen LogP contribution is -2.36. The van der Waals surface area contributed by atoms with Gasteiger partial charge >= 0.3 is 5.69 Å². The second kappa shape index (κ2) is 7.99. The van der Waals surface area contributed by atoms with Crippen LogP contribution in [-0.4, -0.2) is 39.6 Å². The molecule has 0 unspecified atom stereocenters. The molecule has 0 aromatic carbocycles. The number of nitrogens with one attached hydrogen (secondary N) is 1. The molecule has 1 aliphatic heterocycles. The normalized spacial score (nSPS) is 22.4. The first-order chi connectivity index (χ1) is 12.1. The van der Waals surface area contributed by atoms with E-state index in [0.29, 0.717) is 18.7 Å². The highest BCUT2D eigenvalue weighted by atomic mass is 16.5. The Morgan fingerprint density at radius 3 is 2.64 bits per heavy atom. The van der Waals surface area contributed by atoms with Gasteiger partial charge in [0.15, 0.2) is 0 Å². The molecule has 0 bridgehead atoms. The minimum atomic E-state index is -0.567. The summed E-state index contributed by atoms with van der Waals surface area (Å²) in [5, 5.41) is 10.7. The zero-order chi connectivity index (χ0) is 17.8. The van der Waals surface area contributed by atoms with Crippen LogP contribution in [0.5, 0.6) is 5.88 Å². The lowest BCUT2D eigenvalue weighted by Gasteiger charge is -2.25. The van der Waals surface area contributed by atoms with Crippen molar-refractivity contribution in [2.24, 2.45) is 4.99 Å². The molecule has 1 aromatic rings. The van der Waals surface area contributed by atoms with E-state index in [9.17, 15) is 14.7 Å². The van der Waals surface area contributed by atoms with Crippen LogP contribution in [0.1, 0.15) is 69.9 Å². The number of aromatic amines is 1. The minimum absolute atomic E-state index is 0.0619. The highest BCUT2D eigenvalue weighted by Crippen LogP contribution is 2.30. The van der Waals surface area contributed by atoms with Crippen molar-refractivity contribution < 1.29 is 9.84 Å². The Morgan fingerprint density at radius 2 is 2.00 bits per heavy atom. The summed E-state index contributed by atoms with van der Waals surface area (Å²) in [6.07, 6.45) is 7.45. The monoisotopic (exact) mass is 349 g/mol. The summed E-state index contributed by atoms with van der Waals surface area (Å²) in [6, 6.07) is -0.0619. The first-order valence-electron chi connectivity index (χ1n) is 9.35. The fourth-order valence-corrected chi connectivity index (χ4v) is 3.84. The van der Waals surface area contributed by atoms with E-state index < -0.39 is 11.2 Å². The predicted octanol–water partition coefficient (Wildman–Crippen LogP) is 2.13. The minimum Gasteiger partial charge on any atom is -0.494 e. The smallest absolute Gasteiger partial charge is 0.331 e. The average Bonchev–Trinajstić information content (AvgIpc) is 3.12. The predicted molar refractivity (Wildman–Crippen MR) is 95.8 cm³/mol. The molecule has 2 aliphatic rings. The molecule has 1 aromatic heterocycles. The number of H-pyrrole nitrogens is 1. The van der Waals surface area contributed by atoms with Crippen LogP contribution in [-0.2, 0) is 4.74 Å². The first-order valence-corrected chi connectivity index (χ1v) is 9.35. The number of hydrogen-bond acceptors (Lipinski definition) is 5. The van der Waals surface area contributed by atoms with Gasteiger partial charge in [-0.2, -0.15) is 0 Å². The molecule has 7 nitrogen and oxygen atoms in total. The van der Waals surface area contributed by atoms with Gasteiger partial charge in [-0.15, -0.1) is 0 Å². The third-order valence-corrected chi connectivity index (χ3v) is 5.19. The second-order valence-electron chi connectivity index (χ2n) is 6.90. The number of hydrogen-bond donors (Lipinski definition) is 2. The van der Waals surface area contributed by atoms with E-state index in [0.717, 1.165) is 51.6 Å². The van der Waals surface area contributed by atoms with Crippen LogP contribution >= 0.6 is 0 Å². The summed E-state index contributed by atoms with van der Waals surface area (Å²) in [6.45, 7) is 3.12. The molecule has 1 aliphatic carbocycles. The van der Waals surface area contributed by atoms with Gasteiger partial charge in [-0.25, -0.2) is 4.79 Å². The summed E-state index contributed by atoms with van der Waals surface area (Å²) in [5.41, 5.74) is -0.445. The van der Waals surface area contributed by atoms with Crippen LogP contribution in [0.25, 0.3) is 0 Å². The van der Waals surface area contributed by atoms with Crippen molar-refractivity contribution in [3.63, 3.8) is 0 Å². The topological polar surface area (TPSA) is 96.7 Å². The van der Waals surface area contributed by atoms with Gasteiger partial charge in [0, 0.05) is 12.6 Å². The summed E-state index contributed by atoms with van der Waals surface area (Å²) in [7, 11) is 0. The molecule has 2 N–H and O–H groups in total. The maximum absolute atomic E-state index is 12.4. The van der Waals surface area contributed by atoms with E-state index in [4.69, 9.17) is 4.74 Å². The quantitative estimate of drug-likeness (QED) is 0.796. The van der Waals surface area contributed by atoms with Gasteiger partial charge in [0.25, 0.3) is 5.56 Å². The molecule has 2 fully saturated rings. The standard InChI is InChI=1S/C18H27N3O4/c1-2-14(19-11-13-9-6-10-25-13)15-16(22)20-18(24)21(17(15)23)12-7-4-3-5-8-12/h12-13,23H,2-11H2,1H3,(H,20,22,24)/t13-/m1/s1. The molecule has 1 saturated carbocycles. The lowest BCUT2D eigenvalue weighted by molar-refractivity contribution is 0.118. The fourth-order valence-electron chi connectivity index (χ4n) is 3.84. The molecular formula is C18H27N3O4. The number of aromatic nitrogens is 2. The van der Waals surface area contributed by atoms with Crippen LogP contribution in [0.2, 0.25) is 0 Å². The Hall–Kier alpha value is -1.89. The first kappa shape index (κ1) is 17.9. The second-order valence-corrected chi connectivity index (χ2v) is 6.90. The van der Waals surface area contributed by atoms with Crippen molar-refractivity contribution in [2.75, 3.05) is 13.2 Å². The Bertz CT molecular complexity index is 738. The molecule has 138 valence electrons.